The third-order valence-electron chi connectivity index (χ3n) is 3.54. The molecule has 2 aromatic carbocycles. The molecule has 0 saturated carbocycles. The van der Waals surface area contributed by atoms with Crippen molar-refractivity contribution < 1.29 is 13.2 Å². The molecule has 2 aromatic rings. The number of nitrogens with zero attached hydrogens (tertiary/aromatic N) is 1. The van der Waals surface area contributed by atoms with Crippen molar-refractivity contribution in [2.75, 3.05) is 12.3 Å². The summed E-state index contributed by atoms with van der Waals surface area (Å²) in [5, 5.41) is 2.69. The van der Waals surface area contributed by atoms with E-state index in [1.165, 1.54) is 24.3 Å². The maximum Gasteiger partial charge on any atom is 0.331 e. The number of sulfonamides is 1. The fourth-order valence-corrected chi connectivity index (χ4v) is 3.71. The molecule has 6 nitrogen and oxygen atoms in total. The van der Waals surface area contributed by atoms with Gasteiger partial charge in [-0.3, -0.25) is 0 Å². The van der Waals surface area contributed by atoms with Crippen LogP contribution in [0, 0.1) is 0 Å². The molecule has 0 radical (unpaired) electrons. The monoisotopic (exact) mass is 317 g/mol. The van der Waals surface area contributed by atoms with Crippen LogP contribution in [0.2, 0.25) is 0 Å². The second kappa shape index (κ2) is 5.34. The topological polar surface area (TPSA) is 92.5 Å². The largest absolute Gasteiger partial charge is 0.399 e. The average Bonchev–Trinajstić information content (AvgIpc) is 2.91. The summed E-state index contributed by atoms with van der Waals surface area (Å²) in [6.45, 7) is 0.0650. The Morgan fingerprint density at radius 1 is 1.05 bits per heavy atom. The standard InChI is InChI=1S/C15H15N3O3S/c16-12-6-8-13(9-7-12)22(20,21)18-10-14(17-15(18)19)11-4-2-1-3-5-11/h1-9,14H,10,16H2,(H,17,19)/t14-/m1/s1. The smallest absolute Gasteiger partial charge is 0.331 e. The second-order valence-electron chi connectivity index (χ2n) is 5.02. The lowest BCUT2D eigenvalue weighted by Crippen LogP contribution is -2.34. The van der Waals surface area contributed by atoms with Crippen molar-refractivity contribution in [2.24, 2.45) is 0 Å². The van der Waals surface area contributed by atoms with Gasteiger partial charge >= 0.3 is 6.03 Å². The highest BCUT2D eigenvalue weighted by Crippen LogP contribution is 2.26. The number of hydrogen-bond acceptors (Lipinski definition) is 4. The van der Waals surface area contributed by atoms with Crippen LogP contribution in [0.3, 0.4) is 0 Å². The van der Waals surface area contributed by atoms with E-state index < -0.39 is 16.1 Å². The van der Waals surface area contributed by atoms with Crippen molar-refractivity contribution in [1.82, 2.24) is 9.62 Å². The molecule has 1 saturated heterocycles. The third kappa shape index (κ3) is 2.50. The maximum absolute atomic E-state index is 12.6. The fourth-order valence-electron chi connectivity index (χ4n) is 2.36. The Morgan fingerprint density at radius 3 is 2.32 bits per heavy atom. The Balaban J connectivity index is 1.89. The van der Waals surface area contributed by atoms with E-state index in [0.29, 0.717) is 5.69 Å². The van der Waals surface area contributed by atoms with Crippen LogP contribution in [0.1, 0.15) is 11.6 Å². The van der Waals surface area contributed by atoms with Crippen molar-refractivity contribution in [3.05, 3.63) is 60.2 Å². The molecule has 1 aliphatic rings. The highest BCUT2D eigenvalue weighted by Gasteiger charge is 2.38. The number of carbonyl (C=O) groups is 1. The number of anilines is 1. The van der Waals surface area contributed by atoms with E-state index >= 15 is 0 Å². The first-order valence-electron chi connectivity index (χ1n) is 6.72. The minimum absolute atomic E-state index is 0.0468. The summed E-state index contributed by atoms with van der Waals surface area (Å²) < 4.78 is 26.0. The highest BCUT2D eigenvalue weighted by atomic mass is 32.2. The molecule has 0 unspecified atom stereocenters. The fraction of sp³-hybridized carbons (Fsp3) is 0.133. The van der Waals surface area contributed by atoms with Gasteiger partial charge in [-0.25, -0.2) is 17.5 Å². The number of nitrogen functional groups attached to an aromatic ring is 1. The quantitative estimate of drug-likeness (QED) is 0.843. The lowest BCUT2D eigenvalue weighted by atomic mass is 10.1. The summed E-state index contributed by atoms with van der Waals surface area (Å²) in [6, 6.07) is 14.1. The number of amides is 2. The summed E-state index contributed by atoms with van der Waals surface area (Å²) in [4.78, 5) is 12.1. The number of carbonyl (C=O) groups excluding carboxylic acids is 1. The van der Waals surface area contributed by atoms with Crippen LogP contribution >= 0.6 is 0 Å². The van der Waals surface area contributed by atoms with E-state index in [0.717, 1.165) is 9.87 Å². The predicted molar refractivity (Wildman–Crippen MR) is 82.5 cm³/mol. The molecule has 2 amide bonds. The van der Waals surface area contributed by atoms with Crippen LogP contribution in [0.4, 0.5) is 10.5 Å². The number of benzene rings is 2. The third-order valence-corrected chi connectivity index (χ3v) is 5.31. The minimum atomic E-state index is -3.88. The Hall–Kier alpha value is -2.54. The van der Waals surface area contributed by atoms with Crippen molar-refractivity contribution in [3.63, 3.8) is 0 Å². The van der Waals surface area contributed by atoms with Crippen molar-refractivity contribution in [1.29, 1.82) is 0 Å². The SMILES string of the molecule is Nc1ccc(S(=O)(=O)N2C[C@H](c3ccccc3)NC2=O)cc1. The van der Waals surface area contributed by atoms with Gasteiger partial charge in [-0.1, -0.05) is 30.3 Å². The lowest BCUT2D eigenvalue weighted by molar-refractivity contribution is 0.235. The number of hydrogen-bond donors (Lipinski definition) is 2. The summed E-state index contributed by atoms with van der Waals surface area (Å²) >= 11 is 0. The number of rotatable bonds is 3. The molecule has 3 rings (SSSR count). The molecular formula is C15H15N3O3S. The first-order valence-corrected chi connectivity index (χ1v) is 8.16. The van der Waals surface area contributed by atoms with Gasteiger partial charge in [0.05, 0.1) is 17.5 Å². The Kier molecular flexibility index (Phi) is 3.50. The molecule has 0 spiro atoms. The van der Waals surface area contributed by atoms with Gasteiger partial charge in [-0.2, -0.15) is 0 Å². The Labute approximate surface area is 128 Å². The van der Waals surface area contributed by atoms with Gasteiger partial charge in [0.2, 0.25) is 0 Å². The summed E-state index contributed by atoms with van der Waals surface area (Å²) in [7, 11) is -3.88. The molecule has 114 valence electrons. The Morgan fingerprint density at radius 2 is 1.68 bits per heavy atom. The van der Waals surface area contributed by atoms with Gasteiger partial charge < -0.3 is 11.1 Å². The zero-order valence-corrected chi connectivity index (χ0v) is 12.5. The molecule has 1 aliphatic heterocycles. The van der Waals surface area contributed by atoms with Crippen molar-refractivity contribution in [2.45, 2.75) is 10.9 Å². The lowest BCUT2D eigenvalue weighted by Gasteiger charge is -2.15. The van der Waals surface area contributed by atoms with Gasteiger partial charge in [0.15, 0.2) is 0 Å². The molecule has 7 heteroatoms. The van der Waals surface area contributed by atoms with E-state index in [1.54, 1.807) is 0 Å². The first kappa shape index (κ1) is 14.4. The van der Waals surface area contributed by atoms with Gasteiger partial charge in [0.25, 0.3) is 10.0 Å². The molecule has 1 fully saturated rings. The molecule has 3 N–H and O–H groups in total. The first-order chi connectivity index (χ1) is 10.5. The molecule has 1 heterocycles. The molecule has 22 heavy (non-hydrogen) atoms. The summed E-state index contributed by atoms with van der Waals surface area (Å²) in [5.41, 5.74) is 6.89. The van der Waals surface area contributed by atoms with Crippen LogP contribution in [-0.4, -0.2) is 25.3 Å². The molecule has 1 atom stereocenters. The molecule has 0 aromatic heterocycles. The normalized spacial score (nSPS) is 18.3. The van der Waals surface area contributed by atoms with Crippen LogP contribution in [0.25, 0.3) is 0 Å². The van der Waals surface area contributed by atoms with Crippen LogP contribution in [0.15, 0.2) is 59.5 Å². The molecule has 0 aliphatic carbocycles. The van der Waals surface area contributed by atoms with Gasteiger partial charge in [-0.15, -0.1) is 0 Å². The van der Waals surface area contributed by atoms with Gasteiger partial charge in [0.1, 0.15) is 0 Å². The van der Waals surface area contributed by atoms with Gasteiger partial charge in [0, 0.05) is 5.69 Å². The zero-order chi connectivity index (χ0) is 15.7. The summed E-state index contributed by atoms with van der Waals surface area (Å²) in [5.74, 6) is 0. The number of nitrogens with two attached hydrogens (primary N) is 1. The maximum atomic E-state index is 12.6. The molecular weight excluding hydrogens is 302 g/mol. The minimum Gasteiger partial charge on any atom is -0.399 e. The van der Waals surface area contributed by atoms with E-state index in [9.17, 15) is 13.2 Å². The summed E-state index contributed by atoms with van der Waals surface area (Å²) in [6.07, 6.45) is 0. The van der Waals surface area contributed by atoms with E-state index in [-0.39, 0.29) is 17.5 Å². The van der Waals surface area contributed by atoms with E-state index in [1.807, 2.05) is 30.3 Å². The zero-order valence-electron chi connectivity index (χ0n) is 11.6. The average molecular weight is 317 g/mol. The predicted octanol–water partition coefficient (Wildman–Crippen LogP) is 1.72. The number of urea groups is 1. The second-order valence-corrected chi connectivity index (χ2v) is 6.88. The molecule has 0 bridgehead atoms. The van der Waals surface area contributed by atoms with Gasteiger partial charge in [-0.05, 0) is 29.8 Å². The Bertz CT molecular complexity index is 789. The van der Waals surface area contributed by atoms with Crippen LogP contribution < -0.4 is 11.1 Å². The van der Waals surface area contributed by atoms with Crippen molar-refractivity contribution in [3.8, 4) is 0 Å². The van der Waals surface area contributed by atoms with Crippen molar-refractivity contribution >= 4 is 21.7 Å². The van der Waals surface area contributed by atoms with Crippen LogP contribution in [0.5, 0.6) is 0 Å². The van der Waals surface area contributed by atoms with E-state index in [2.05, 4.69) is 5.32 Å². The highest BCUT2D eigenvalue weighted by molar-refractivity contribution is 7.89. The van der Waals surface area contributed by atoms with E-state index in [4.69, 9.17) is 5.73 Å². The number of nitrogens with one attached hydrogen (secondary N) is 1. The van der Waals surface area contributed by atoms with Crippen LogP contribution in [-0.2, 0) is 10.0 Å².